The van der Waals surface area contributed by atoms with Crippen LogP contribution in [0.15, 0.2) is 48.5 Å². The second-order valence-corrected chi connectivity index (χ2v) is 9.66. The number of hydrogen-bond donors (Lipinski definition) is 3. The molecule has 0 aliphatic rings. The lowest BCUT2D eigenvalue weighted by Crippen LogP contribution is -2.44. The van der Waals surface area contributed by atoms with Gasteiger partial charge < -0.3 is 26.3 Å². The van der Waals surface area contributed by atoms with Gasteiger partial charge in [0.2, 0.25) is 5.91 Å². The Morgan fingerprint density at radius 1 is 1.05 bits per heavy atom. The summed E-state index contributed by atoms with van der Waals surface area (Å²) in [6, 6.07) is 12.6. The third-order valence-electron chi connectivity index (χ3n) is 5.76. The Morgan fingerprint density at radius 2 is 1.68 bits per heavy atom. The lowest BCUT2D eigenvalue weighted by atomic mass is 10.0. The zero-order valence-electron chi connectivity index (χ0n) is 21.9. The number of methoxy groups -OCH3 is 1. The van der Waals surface area contributed by atoms with Crippen molar-refractivity contribution in [2.45, 2.75) is 33.2 Å². The van der Waals surface area contributed by atoms with E-state index in [1.165, 1.54) is 12.0 Å². The van der Waals surface area contributed by atoms with E-state index in [1.807, 2.05) is 6.92 Å². The number of carbonyl (C=O) groups is 3. The normalized spacial score (nSPS) is 11.6. The van der Waals surface area contributed by atoms with E-state index in [1.54, 1.807) is 48.5 Å². The number of amides is 3. The molecule has 2 aromatic carbocycles. The van der Waals surface area contributed by atoms with E-state index in [4.69, 9.17) is 20.9 Å². The van der Waals surface area contributed by atoms with Crippen LogP contribution in [-0.4, -0.2) is 42.4 Å². The molecule has 11 heteroatoms. The minimum atomic E-state index is -1.07. The van der Waals surface area contributed by atoms with Gasteiger partial charge in [0.25, 0.3) is 11.8 Å². The van der Waals surface area contributed by atoms with Crippen molar-refractivity contribution in [3.05, 3.63) is 64.7 Å². The summed E-state index contributed by atoms with van der Waals surface area (Å²) < 4.78 is 14.8. The first kappa shape index (κ1) is 28.5. The Morgan fingerprint density at radius 3 is 2.21 bits per heavy atom. The van der Waals surface area contributed by atoms with Crippen LogP contribution in [0.3, 0.4) is 0 Å². The summed E-state index contributed by atoms with van der Waals surface area (Å²) in [7, 11) is 1.53. The van der Waals surface area contributed by atoms with E-state index in [9.17, 15) is 14.4 Å². The number of hydrogen-bond acceptors (Lipinski definition) is 8. The van der Waals surface area contributed by atoms with Crippen LogP contribution in [0.1, 0.15) is 59.0 Å². The molecule has 5 N–H and O–H groups in total. The summed E-state index contributed by atoms with van der Waals surface area (Å²) in [6.07, 6.45) is 0.766. The molecule has 0 spiro atoms. The van der Waals surface area contributed by atoms with Gasteiger partial charge in [0.15, 0.2) is 5.69 Å². The number of carbonyl (C=O) groups excluding carboxylic acids is 3. The molecule has 0 aliphatic carbocycles. The summed E-state index contributed by atoms with van der Waals surface area (Å²) in [6.45, 7) is 6.92. The molecule has 0 radical (unpaired) electrons. The Hall–Kier alpha value is -4.12. The quantitative estimate of drug-likeness (QED) is 0.317. The molecule has 0 fully saturated rings. The largest absolute Gasteiger partial charge is 0.497 e. The number of nitrogens with one attached hydrogen (secondary N) is 1. The highest BCUT2D eigenvalue weighted by atomic mass is 32.1. The molecule has 0 saturated carbocycles. The third kappa shape index (κ3) is 6.60. The first-order valence-electron chi connectivity index (χ1n) is 12.2. The van der Waals surface area contributed by atoms with Gasteiger partial charge >= 0.3 is 0 Å². The third-order valence-corrected chi connectivity index (χ3v) is 6.61. The Kier molecular flexibility index (Phi) is 9.66. The van der Waals surface area contributed by atoms with Crippen molar-refractivity contribution in [1.82, 2.24) is 9.69 Å². The van der Waals surface area contributed by atoms with E-state index in [-0.39, 0.29) is 22.2 Å². The van der Waals surface area contributed by atoms with E-state index >= 15 is 0 Å². The second-order valence-electron chi connectivity index (χ2n) is 8.89. The molecule has 1 atom stereocenters. The average molecular weight is 540 g/mol. The topological polar surface area (TPSA) is 150 Å². The number of nitrogens with two attached hydrogens (primary N) is 2. The first-order chi connectivity index (χ1) is 18.2. The maximum Gasteiger partial charge on any atom is 0.273 e. The van der Waals surface area contributed by atoms with Crippen molar-refractivity contribution in [1.29, 1.82) is 0 Å². The van der Waals surface area contributed by atoms with E-state index < -0.39 is 17.9 Å². The highest BCUT2D eigenvalue weighted by Crippen LogP contribution is 2.34. The van der Waals surface area contributed by atoms with Crippen molar-refractivity contribution in [2.24, 2.45) is 11.7 Å². The van der Waals surface area contributed by atoms with Gasteiger partial charge in [0, 0.05) is 12.2 Å². The molecule has 3 rings (SSSR count). The number of nitrogens with zero attached hydrogens (tertiary/aromatic N) is 2. The van der Waals surface area contributed by atoms with E-state index in [0.717, 1.165) is 18.0 Å². The van der Waals surface area contributed by atoms with Crippen LogP contribution in [0, 0.1) is 5.92 Å². The fourth-order valence-electron chi connectivity index (χ4n) is 3.78. The zero-order chi connectivity index (χ0) is 27.8. The molecular weight excluding hydrogens is 506 g/mol. The molecule has 3 aromatic rings. The van der Waals surface area contributed by atoms with Gasteiger partial charge in [-0.2, -0.15) is 4.37 Å². The highest BCUT2D eigenvalue weighted by Gasteiger charge is 2.36. The van der Waals surface area contributed by atoms with E-state index in [2.05, 4.69) is 23.5 Å². The van der Waals surface area contributed by atoms with Crippen LogP contribution < -0.4 is 31.2 Å². The predicted octanol–water partition coefficient (Wildman–Crippen LogP) is 3.78. The van der Waals surface area contributed by atoms with Gasteiger partial charge in [-0.3, -0.25) is 19.3 Å². The SMILES string of the molecule is CCOc1ccc([C@@H](C(=O)NCCC(C)C)N(C(=O)c2snc(C(N)=O)c2N)c2ccc(OC)cc2)cc1. The summed E-state index contributed by atoms with van der Waals surface area (Å²) in [5.41, 5.74) is 12.1. The molecule has 10 nitrogen and oxygen atoms in total. The molecule has 0 unspecified atom stereocenters. The van der Waals surface area contributed by atoms with Crippen molar-refractivity contribution in [2.75, 3.05) is 30.9 Å². The minimum absolute atomic E-state index is 0.000495. The Balaban J connectivity index is 2.15. The van der Waals surface area contributed by atoms with Gasteiger partial charge in [-0.1, -0.05) is 26.0 Å². The Bertz CT molecular complexity index is 1260. The summed E-state index contributed by atoms with van der Waals surface area (Å²) in [5.74, 6) is -0.234. The van der Waals surface area contributed by atoms with Gasteiger partial charge in [0.1, 0.15) is 22.4 Å². The number of nitrogen functional groups attached to an aromatic ring is 1. The van der Waals surface area contributed by atoms with Gasteiger partial charge in [-0.05, 0) is 72.8 Å². The predicted molar refractivity (Wildman–Crippen MR) is 148 cm³/mol. The van der Waals surface area contributed by atoms with Crippen LogP contribution in [0.25, 0.3) is 0 Å². The molecule has 3 amide bonds. The van der Waals surface area contributed by atoms with Crippen LogP contribution in [0.4, 0.5) is 11.4 Å². The molecule has 1 aromatic heterocycles. The highest BCUT2D eigenvalue weighted by molar-refractivity contribution is 7.09. The molecular formula is C27H33N5O5S. The fourth-order valence-corrected chi connectivity index (χ4v) is 4.52. The van der Waals surface area contributed by atoms with Crippen molar-refractivity contribution < 1.29 is 23.9 Å². The van der Waals surface area contributed by atoms with Crippen LogP contribution in [0.5, 0.6) is 11.5 Å². The fraction of sp³-hybridized carbons (Fsp3) is 0.333. The van der Waals surface area contributed by atoms with Gasteiger partial charge in [-0.15, -0.1) is 0 Å². The molecule has 0 aliphatic heterocycles. The average Bonchev–Trinajstić information content (AvgIpc) is 3.29. The van der Waals surface area contributed by atoms with Crippen LogP contribution >= 0.6 is 11.5 Å². The molecule has 202 valence electrons. The Labute approximate surface area is 226 Å². The minimum Gasteiger partial charge on any atom is -0.497 e. The molecule has 0 bridgehead atoms. The maximum absolute atomic E-state index is 14.1. The van der Waals surface area contributed by atoms with Gasteiger partial charge in [0.05, 0.1) is 19.4 Å². The standard InChI is InChI=1S/C27H33N5O5S/c1-5-37-20-10-6-17(7-11-20)23(26(34)30-15-14-16(2)3)32(18-8-12-19(36-4)13-9-18)27(35)24-21(28)22(25(29)33)31-38-24/h6-13,16,23H,5,14-15,28H2,1-4H3,(H2,29,33)(H,30,34)/t23-/m0/s1. The monoisotopic (exact) mass is 539 g/mol. The molecule has 1 heterocycles. The number of anilines is 2. The number of primary amides is 1. The molecule has 38 heavy (non-hydrogen) atoms. The summed E-state index contributed by atoms with van der Waals surface area (Å²) in [5, 5.41) is 2.96. The van der Waals surface area contributed by atoms with Gasteiger partial charge in [-0.25, -0.2) is 0 Å². The van der Waals surface area contributed by atoms with Crippen molar-refractivity contribution in [3.63, 3.8) is 0 Å². The lowest BCUT2D eigenvalue weighted by Gasteiger charge is -2.31. The number of ether oxygens (including phenoxy) is 2. The lowest BCUT2D eigenvalue weighted by molar-refractivity contribution is -0.122. The first-order valence-corrected chi connectivity index (χ1v) is 13.0. The zero-order valence-corrected chi connectivity index (χ0v) is 22.7. The van der Waals surface area contributed by atoms with Crippen molar-refractivity contribution in [3.8, 4) is 11.5 Å². The molecule has 0 saturated heterocycles. The smallest absolute Gasteiger partial charge is 0.273 e. The van der Waals surface area contributed by atoms with E-state index in [0.29, 0.717) is 41.8 Å². The number of benzene rings is 2. The van der Waals surface area contributed by atoms with Crippen molar-refractivity contribution >= 4 is 40.6 Å². The van der Waals surface area contributed by atoms with Crippen LogP contribution in [-0.2, 0) is 4.79 Å². The maximum atomic E-state index is 14.1. The summed E-state index contributed by atoms with van der Waals surface area (Å²) >= 11 is 0.755. The summed E-state index contributed by atoms with van der Waals surface area (Å²) in [4.78, 5) is 40.9. The second kappa shape index (κ2) is 12.9. The van der Waals surface area contributed by atoms with Crippen LogP contribution in [0.2, 0.25) is 0 Å². The number of aromatic nitrogens is 1. The number of rotatable bonds is 12.